The van der Waals surface area contributed by atoms with Gasteiger partial charge in [0.1, 0.15) is 17.1 Å². The molecule has 2 heterocycles. The van der Waals surface area contributed by atoms with E-state index in [2.05, 4.69) is 15.3 Å². The Labute approximate surface area is 159 Å². The molecule has 148 valence electrons. The van der Waals surface area contributed by atoms with Gasteiger partial charge in [0.05, 0.1) is 12.1 Å². The zero-order valence-electron chi connectivity index (χ0n) is 15.5. The van der Waals surface area contributed by atoms with E-state index in [9.17, 15) is 18.0 Å². The van der Waals surface area contributed by atoms with E-state index in [4.69, 9.17) is 4.74 Å². The molecule has 0 spiro atoms. The number of rotatable bonds is 3. The summed E-state index contributed by atoms with van der Waals surface area (Å²) in [5.74, 6) is 0.429. The highest BCUT2D eigenvalue weighted by atomic mass is 19.4. The Morgan fingerprint density at radius 3 is 2.46 bits per heavy atom. The van der Waals surface area contributed by atoms with Gasteiger partial charge >= 0.3 is 12.3 Å². The summed E-state index contributed by atoms with van der Waals surface area (Å²) >= 11 is 0. The van der Waals surface area contributed by atoms with Crippen molar-refractivity contribution in [3.63, 3.8) is 0 Å². The normalized spacial score (nSPS) is 12.2. The summed E-state index contributed by atoms with van der Waals surface area (Å²) in [6.07, 6.45) is -1.72. The molecule has 0 unspecified atom stereocenters. The first-order chi connectivity index (χ1) is 13.0. The van der Waals surface area contributed by atoms with E-state index >= 15 is 0 Å². The van der Waals surface area contributed by atoms with E-state index in [-0.39, 0.29) is 6.54 Å². The molecule has 0 aliphatic heterocycles. The minimum absolute atomic E-state index is 0.0655. The van der Waals surface area contributed by atoms with Crippen LogP contribution in [0.3, 0.4) is 0 Å². The minimum Gasteiger partial charge on any atom is -0.444 e. The second kappa shape index (κ2) is 7.14. The summed E-state index contributed by atoms with van der Waals surface area (Å²) < 4.78 is 45.2. The molecule has 2 aromatic heterocycles. The third kappa shape index (κ3) is 4.41. The van der Waals surface area contributed by atoms with Crippen LogP contribution in [0.4, 0.5) is 18.0 Å². The van der Waals surface area contributed by atoms with Gasteiger partial charge in [-0.05, 0) is 39.0 Å². The van der Waals surface area contributed by atoms with E-state index < -0.39 is 23.4 Å². The Morgan fingerprint density at radius 2 is 1.86 bits per heavy atom. The third-order valence-electron chi connectivity index (χ3n) is 3.74. The Bertz CT molecular complexity index is 989. The molecule has 1 amide bonds. The van der Waals surface area contributed by atoms with Crippen LogP contribution >= 0.6 is 0 Å². The van der Waals surface area contributed by atoms with Crippen LogP contribution in [0.2, 0.25) is 0 Å². The van der Waals surface area contributed by atoms with Crippen molar-refractivity contribution in [3.05, 3.63) is 54.0 Å². The van der Waals surface area contributed by atoms with Crippen molar-refractivity contribution in [1.82, 2.24) is 19.7 Å². The van der Waals surface area contributed by atoms with Crippen LogP contribution in [0.5, 0.6) is 0 Å². The smallest absolute Gasteiger partial charge is 0.416 e. The lowest BCUT2D eigenvalue weighted by Crippen LogP contribution is -2.32. The Balaban J connectivity index is 1.90. The molecule has 6 nitrogen and oxygen atoms in total. The highest BCUT2D eigenvalue weighted by molar-refractivity contribution is 5.69. The number of imidazole rings is 1. The summed E-state index contributed by atoms with van der Waals surface area (Å²) in [5, 5.41) is 2.62. The zero-order valence-corrected chi connectivity index (χ0v) is 15.5. The molecule has 0 saturated carbocycles. The van der Waals surface area contributed by atoms with E-state index in [1.54, 1.807) is 43.6 Å². The topological polar surface area (TPSA) is 68.5 Å². The van der Waals surface area contributed by atoms with Gasteiger partial charge in [-0.15, -0.1) is 0 Å². The third-order valence-corrected chi connectivity index (χ3v) is 3.74. The number of amides is 1. The fraction of sp³-hybridized carbons (Fsp3) is 0.316. The number of hydrogen-bond donors (Lipinski definition) is 1. The number of nitrogens with zero attached hydrogens (tertiary/aromatic N) is 3. The minimum atomic E-state index is -4.41. The molecule has 1 N–H and O–H groups in total. The van der Waals surface area contributed by atoms with Gasteiger partial charge in [0.25, 0.3) is 0 Å². The van der Waals surface area contributed by atoms with Crippen LogP contribution in [-0.2, 0) is 17.5 Å². The molecular weight excluding hydrogens is 373 g/mol. The van der Waals surface area contributed by atoms with E-state index in [0.717, 1.165) is 12.1 Å². The quantitative estimate of drug-likeness (QED) is 0.716. The fourth-order valence-corrected chi connectivity index (χ4v) is 2.59. The SMILES string of the molecule is CC(C)(C)OC(=O)NCc1nc(-c2ccc(C(F)(F)F)cc2)n2cccnc12. The van der Waals surface area contributed by atoms with Crippen LogP contribution < -0.4 is 5.32 Å². The van der Waals surface area contributed by atoms with Gasteiger partial charge in [-0.2, -0.15) is 13.2 Å². The largest absolute Gasteiger partial charge is 0.444 e. The van der Waals surface area contributed by atoms with Gasteiger partial charge in [-0.25, -0.2) is 14.8 Å². The number of hydrogen-bond acceptors (Lipinski definition) is 4. The molecular formula is C19H19F3N4O2. The monoisotopic (exact) mass is 392 g/mol. The molecule has 3 aromatic rings. The van der Waals surface area contributed by atoms with Crippen LogP contribution in [-0.4, -0.2) is 26.1 Å². The number of alkyl carbamates (subject to hydrolysis) is 1. The summed E-state index contributed by atoms with van der Waals surface area (Å²) in [5.41, 5.74) is 0.0978. The molecule has 0 radical (unpaired) electrons. The highest BCUT2D eigenvalue weighted by Gasteiger charge is 2.30. The molecule has 0 saturated heterocycles. The van der Waals surface area contributed by atoms with Crippen LogP contribution in [0, 0.1) is 0 Å². The van der Waals surface area contributed by atoms with E-state index in [1.165, 1.54) is 12.1 Å². The number of ether oxygens (including phenoxy) is 1. The average molecular weight is 392 g/mol. The van der Waals surface area contributed by atoms with Crippen molar-refractivity contribution in [1.29, 1.82) is 0 Å². The molecule has 0 bridgehead atoms. The zero-order chi connectivity index (χ0) is 20.5. The number of alkyl halides is 3. The van der Waals surface area contributed by atoms with Crippen molar-refractivity contribution in [2.45, 2.75) is 39.1 Å². The maximum atomic E-state index is 12.8. The number of carbonyl (C=O) groups excluding carboxylic acids is 1. The standard InChI is InChI=1S/C19H19F3N4O2/c1-18(2,3)28-17(27)24-11-14-16-23-9-4-10-26(16)15(25-14)12-5-7-13(8-6-12)19(20,21)22/h4-10H,11H2,1-3H3,(H,24,27). The van der Waals surface area contributed by atoms with Crippen LogP contribution in [0.1, 0.15) is 32.0 Å². The summed E-state index contributed by atoms with van der Waals surface area (Å²) in [7, 11) is 0. The lowest BCUT2D eigenvalue weighted by Gasteiger charge is -2.19. The predicted molar refractivity (Wildman–Crippen MR) is 96.5 cm³/mol. The van der Waals surface area contributed by atoms with Gasteiger partial charge in [0.15, 0.2) is 5.65 Å². The number of fused-ring (bicyclic) bond motifs is 1. The van der Waals surface area contributed by atoms with Crippen LogP contribution in [0.15, 0.2) is 42.7 Å². The number of halogens is 3. The lowest BCUT2D eigenvalue weighted by atomic mass is 10.1. The van der Waals surface area contributed by atoms with E-state index in [1.807, 2.05) is 0 Å². The molecule has 9 heteroatoms. The first kappa shape index (κ1) is 19.7. The maximum absolute atomic E-state index is 12.8. The first-order valence-electron chi connectivity index (χ1n) is 8.51. The summed E-state index contributed by atoms with van der Waals surface area (Å²) in [6.45, 7) is 5.32. The van der Waals surface area contributed by atoms with Crippen LogP contribution in [0.25, 0.3) is 17.0 Å². The summed E-state index contributed by atoms with van der Waals surface area (Å²) in [4.78, 5) is 20.6. The molecule has 0 aliphatic carbocycles. The van der Waals surface area contributed by atoms with Gasteiger partial charge in [0.2, 0.25) is 0 Å². The van der Waals surface area contributed by atoms with Crippen molar-refractivity contribution < 1.29 is 22.7 Å². The molecule has 28 heavy (non-hydrogen) atoms. The van der Waals surface area contributed by atoms with Crippen molar-refractivity contribution in [3.8, 4) is 11.4 Å². The Kier molecular flexibility index (Phi) is 5.01. The maximum Gasteiger partial charge on any atom is 0.416 e. The predicted octanol–water partition coefficient (Wildman–Crippen LogP) is 4.44. The highest BCUT2D eigenvalue weighted by Crippen LogP contribution is 2.31. The van der Waals surface area contributed by atoms with E-state index in [0.29, 0.717) is 22.7 Å². The van der Waals surface area contributed by atoms with Crippen molar-refractivity contribution >= 4 is 11.7 Å². The summed E-state index contributed by atoms with van der Waals surface area (Å²) in [6, 6.07) is 6.41. The lowest BCUT2D eigenvalue weighted by molar-refractivity contribution is -0.137. The molecule has 3 rings (SSSR count). The van der Waals surface area contributed by atoms with Gasteiger partial charge < -0.3 is 10.1 Å². The molecule has 1 aromatic carbocycles. The number of benzene rings is 1. The Morgan fingerprint density at radius 1 is 1.18 bits per heavy atom. The van der Waals surface area contributed by atoms with Crippen molar-refractivity contribution in [2.75, 3.05) is 0 Å². The molecule has 0 fully saturated rings. The molecule has 0 aliphatic rings. The van der Waals surface area contributed by atoms with Crippen molar-refractivity contribution in [2.24, 2.45) is 0 Å². The Hall–Kier alpha value is -3.10. The van der Waals surface area contributed by atoms with Gasteiger partial charge in [0, 0.05) is 18.0 Å². The fourth-order valence-electron chi connectivity index (χ4n) is 2.59. The second-order valence-corrected chi connectivity index (χ2v) is 7.13. The number of carbonyl (C=O) groups is 1. The number of aromatic nitrogens is 3. The van der Waals surface area contributed by atoms with Gasteiger partial charge in [-0.3, -0.25) is 4.40 Å². The molecule has 0 atom stereocenters. The number of nitrogens with one attached hydrogen (secondary N) is 1. The van der Waals surface area contributed by atoms with Gasteiger partial charge in [-0.1, -0.05) is 12.1 Å². The first-order valence-corrected chi connectivity index (χ1v) is 8.51. The average Bonchev–Trinajstić information content (AvgIpc) is 2.97. The second-order valence-electron chi connectivity index (χ2n) is 7.13.